The third kappa shape index (κ3) is 3.56. The van der Waals surface area contributed by atoms with E-state index in [4.69, 9.17) is 0 Å². The number of hydrogen-bond acceptors (Lipinski definition) is 2. The number of nitrogens with zero attached hydrogens (tertiary/aromatic N) is 2. The van der Waals surface area contributed by atoms with Crippen LogP contribution in [0, 0.1) is 17.5 Å². The van der Waals surface area contributed by atoms with Gasteiger partial charge in [-0.2, -0.15) is 0 Å². The SMILES string of the molecule is C[C@H]1C(=O)N(Cc2cccc(F)c2)CC(=O)N1Cc1cccc(F)c1F. The molecule has 2 aromatic rings. The molecular formula is C19H17F3N2O2. The molecule has 2 amide bonds. The van der Waals surface area contributed by atoms with Crippen molar-refractivity contribution in [3.63, 3.8) is 0 Å². The average Bonchev–Trinajstić information content (AvgIpc) is 2.60. The van der Waals surface area contributed by atoms with Crippen molar-refractivity contribution < 1.29 is 22.8 Å². The van der Waals surface area contributed by atoms with Gasteiger partial charge in [-0.05, 0) is 30.7 Å². The molecule has 0 saturated carbocycles. The summed E-state index contributed by atoms with van der Waals surface area (Å²) < 4.78 is 40.5. The Bertz CT molecular complexity index is 856. The van der Waals surface area contributed by atoms with Gasteiger partial charge < -0.3 is 9.80 Å². The highest BCUT2D eigenvalue weighted by Crippen LogP contribution is 2.20. The molecule has 0 radical (unpaired) electrons. The van der Waals surface area contributed by atoms with E-state index in [-0.39, 0.29) is 37.0 Å². The van der Waals surface area contributed by atoms with Crippen molar-refractivity contribution in [1.82, 2.24) is 9.80 Å². The largest absolute Gasteiger partial charge is 0.327 e. The zero-order valence-electron chi connectivity index (χ0n) is 14.1. The second kappa shape index (κ2) is 7.19. The number of benzene rings is 2. The zero-order chi connectivity index (χ0) is 18.8. The molecule has 7 heteroatoms. The first-order valence-corrected chi connectivity index (χ1v) is 8.12. The fraction of sp³-hybridized carbons (Fsp3) is 0.263. The van der Waals surface area contributed by atoms with E-state index in [0.717, 1.165) is 6.07 Å². The molecule has 1 atom stereocenters. The Balaban J connectivity index is 1.76. The number of halogens is 3. The molecule has 0 unspecified atom stereocenters. The fourth-order valence-corrected chi connectivity index (χ4v) is 3.01. The minimum absolute atomic E-state index is 0.0107. The van der Waals surface area contributed by atoms with Crippen LogP contribution in [0.15, 0.2) is 42.5 Å². The van der Waals surface area contributed by atoms with Gasteiger partial charge in [0.15, 0.2) is 11.6 Å². The van der Waals surface area contributed by atoms with Gasteiger partial charge >= 0.3 is 0 Å². The van der Waals surface area contributed by atoms with Crippen LogP contribution in [0.4, 0.5) is 13.2 Å². The molecule has 0 spiro atoms. The van der Waals surface area contributed by atoms with Crippen molar-refractivity contribution in [3.05, 3.63) is 71.0 Å². The second-order valence-electron chi connectivity index (χ2n) is 6.23. The molecular weight excluding hydrogens is 345 g/mol. The van der Waals surface area contributed by atoms with E-state index in [1.54, 1.807) is 6.07 Å². The van der Waals surface area contributed by atoms with Gasteiger partial charge in [-0.3, -0.25) is 9.59 Å². The maximum absolute atomic E-state index is 13.9. The second-order valence-corrected chi connectivity index (χ2v) is 6.23. The van der Waals surface area contributed by atoms with Crippen LogP contribution in [0.3, 0.4) is 0 Å². The topological polar surface area (TPSA) is 40.6 Å². The number of carbonyl (C=O) groups is 2. The van der Waals surface area contributed by atoms with E-state index >= 15 is 0 Å². The van der Waals surface area contributed by atoms with E-state index in [1.165, 1.54) is 47.1 Å². The molecule has 1 heterocycles. The van der Waals surface area contributed by atoms with Crippen LogP contribution in [0.25, 0.3) is 0 Å². The van der Waals surface area contributed by atoms with Crippen molar-refractivity contribution in [2.75, 3.05) is 6.54 Å². The van der Waals surface area contributed by atoms with Crippen LogP contribution in [0.5, 0.6) is 0 Å². The molecule has 3 rings (SSSR count). The van der Waals surface area contributed by atoms with Crippen molar-refractivity contribution >= 4 is 11.8 Å². The Morgan fingerprint density at radius 2 is 1.77 bits per heavy atom. The van der Waals surface area contributed by atoms with Gasteiger partial charge in [-0.1, -0.05) is 24.3 Å². The Morgan fingerprint density at radius 3 is 2.50 bits per heavy atom. The zero-order valence-corrected chi connectivity index (χ0v) is 14.1. The van der Waals surface area contributed by atoms with Crippen LogP contribution in [0.2, 0.25) is 0 Å². The molecule has 2 aromatic carbocycles. The molecule has 0 bridgehead atoms. The van der Waals surface area contributed by atoms with Gasteiger partial charge in [0, 0.05) is 18.7 Å². The minimum Gasteiger partial charge on any atom is -0.327 e. The van der Waals surface area contributed by atoms with Crippen LogP contribution in [-0.4, -0.2) is 34.2 Å². The lowest BCUT2D eigenvalue weighted by Gasteiger charge is -2.38. The van der Waals surface area contributed by atoms with E-state index in [2.05, 4.69) is 0 Å². The minimum atomic E-state index is -1.03. The lowest BCUT2D eigenvalue weighted by Crippen LogP contribution is -2.58. The predicted octanol–water partition coefficient (Wildman–Crippen LogP) is 2.86. The summed E-state index contributed by atoms with van der Waals surface area (Å²) in [5, 5.41) is 0. The Labute approximate surface area is 148 Å². The quantitative estimate of drug-likeness (QED) is 0.839. The molecule has 0 aromatic heterocycles. The molecule has 1 aliphatic heterocycles. The highest BCUT2D eigenvalue weighted by molar-refractivity contribution is 5.94. The lowest BCUT2D eigenvalue weighted by molar-refractivity contribution is -0.156. The Kier molecular flexibility index (Phi) is 4.97. The number of rotatable bonds is 4. The normalized spacial score (nSPS) is 17.8. The third-order valence-corrected chi connectivity index (χ3v) is 4.42. The molecule has 0 N–H and O–H groups in total. The summed E-state index contributed by atoms with van der Waals surface area (Å²) in [6.45, 7) is 1.25. The Hall–Kier alpha value is -2.83. The fourth-order valence-electron chi connectivity index (χ4n) is 3.01. The summed E-state index contributed by atoms with van der Waals surface area (Å²) in [5.74, 6) is -3.15. The maximum atomic E-state index is 13.9. The number of piperazine rings is 1. The van der Waals surface area contributed by atoms with Crippen molar-refractivity contribution in [1.29, 1.82) is 0 Å². The highest BCUT2D eigenvalue weighted by atomic mass is 19.2. The summed E-state index contributed by atoms with van der Waals surface area (Å²) in [4.78, 5) is 27.6. The van der Waals surface area contributed by atoms with Gasteiger partial charge in [0.2, 0.25) is 11.8 Å². The number of hydrogen-bond donors (Lipinski definition) is 0. The average molecular weight is 362 g/mol. The van der Waals surface area contributed by atoms with Gasteiger partial charge in [0.1, 0.15) is 18.4 Å². The first-order chi connectivity index (χ1) is 12.4. The van der Waals surface area contributed by atoms with Crippen molar-refractivity contribution in [2.45, 2.75) is 26.1 Å². The summed E-state index contributed by atoms with van der Waals surface area (Å²) in [7, 11) is 0. The van der Waals surface area contributed by atoms with Crippen LogP contribution < -0.4 is 0 Å². The monoisotopic (exact) mass is 362 g/mol. The van der Waals surface area contributed by atoms with Gasteiger partial charge in [-0.25, -0.2) is 13.2 Å². The number of amides is 2. The first kappa shape index (κ1) is 18.0. The summed E-state index contributed by atoms with van der Waals surface area (Å²) in [6.07, 6.45) is 0. The van der Waals surface area contributed by atoms with E-state index in [0.29, 0.717) is 5.56 Å². The molecule has 26 heavy (non-hydrogen) atoms. The molecule has 1 saturated heterocycles. The number of carbonyl (C=O) groups excluding carboxylic acids is 2. The van der Waals surface area contributed by atoms with Gasteiger partial charge in [0.05, 0.1) is 0 Å². The van der Waals surface area contributed by atoms with Gasteiger partial charge in [0.25, 0.3) is 0 Å². The summed E-state index contributed by atoms with van der Waals surface area (Å²) in [6, 6.07) is 8.69. The molecule has 1 aliphatic rings. The van der Waals surface area contributed by atoms with Crippen LogP contribution >= 0.6 is 0 Å². The molecule has 136 valence electrons. The van der Waals surface area contributed by atoms with E-state index < -0.39 is 23.5 Å². The molecule has 1 fully saturated rings. The van der Waals surface area contributed by atoms with Crippen LogP contribution in [0.1, 0.15) is 18.1 Å². The first-order valence-electron chi connectivity index (χ1n) is 8.12. The maximum Gasteiger partial charge on any atom is 0.245 e. The summed E-state index contributed by atoms with van der Waals surface area (Å²) >= 11 is 0. The smallest absolute Gasteiger partial charge is 0.245 e. The summed E-state index contributed by atoms with van der Waals surface area (Å²) in [5.41, 5.74) is 0.583. The Morgan fingerprint density at radius 1 is 1.04 bits per heavy atom. The highest BCUT2D eigenvalue weighted by Gasteiger charge is 2.36. The van der Waals surface area contributed by atoms with Crippen molar-refractivity contribution in [3.8, 4) is 0 Å². The standard InChI is InChI=1S/C19H17F3N2O2/c1-12-19(26)23(9-13-4-2-6-15(20)8-13)11-17(25)24(12)10-14-5-3-7-16(21)18(14)22/h2-8,12H,9-11H2,1H3/t12-/m0/s1. The molecule has 4 nitrogen and oxygen atoms in total. The molecule has 0 aliphatic carbocycles. The predicted molar refractivity (Wildman–Crippen MR) is 88.2 cm³/mol. The van der Waals surface area contributed by atoms with Crippen LogP contribution in [-0.2, 0) is 22.7 Å². The lowest BCUT2D eigenvalue weighted by atomic mass is 10.1. The van der Waals surface area contributed by atoms with E-state index in [9.17, 15) is 22.8 Å². The van der Waals surface area contributed by atoms with Gasteiger partial charge in [-0.15, -0.1) is 0 Å². The third-order valence-electron chi connectivity index (χ3n) is 4.42. The van der Waals surface area contributed by atoms with Crippen molar-refractivity contribution in [2.24, 2.45) is 0 Å². The van der Waals surface area contributed by atoms with E-state index in [1.807, 2.05) is 0 Å².